The predicted molar refractivity (Wildman–Crippen MR) is 86.2 cm³/mol. The Balaban J connectivity index is 1.84. The molecule has 0 aromatic heterocycles. The Morgan fingerprint density at radius 2 is 2.18 bits per heavy atom. The van der Waals surface area contributed by atoms with Gasteiger partial charge in [-0.1, -0.05) is 6.92 Å². The third-order valence-electron chi connectivity index (χ3n) is 4.64. The first-order chi connectivity index (χ1) is 10.3. The second-order valence-electron chi connectivity index (χ2n) is 7.33. The molecule has 2 rings (SSSR count). The summed E-state index contributed by atoms with van der Waals surface area (Å²) in [5.41, 5.74) is 5.45. The van der Waals surface area contributed by atoms with Gasteiger partial charge in [-0.25, -0.2) is 0 Å². The summed E-state index contributed by atoms with van der Waals surface area (Å²) in [6, 6.07) is 0.457. The Labute approximate surface area is 133 Å². The first-order valence-electron chi connectivity index (χ1n) is 8.38. The molecule has 6 nitrogen and oxygen atoms in total. The minimum atomic E-state index is -0.427. The number of nitrogens with one attached hydrogen (secondary N) is 1. The molecular weight excluding hydrogens is 280 g/mol. The molecule has 0 spiro atoms. The molecule has 0 aliphatic carbocycles. The largest absolute Gasteiger partial charge is 0.354 e. The lowest BCUT2D eigenvalue weighted by molar-refractivity contribution is -0.129. The lowest BCUT2D eigenvalue weighted by Crippen LogP contribution is -2.47. The Morgan fingerprint density at radius 3 is 2.82 bits per heavy atom. The summed E-state index contributed by atoms with van der Waals surface area (Å²) in [4.78, 5) is 28.7. The van der Waals surface area contributed by atoms with Gasteiger partial charge in [-0.15, -0.1) is 0 Å². The molecule has 2 unspecified atom stereocenters. The van der Waals surface area contributed by atoms with Crippen LogP contribution in [-0.2, 0) is 9.59 Å². The molecule has 0 saturated carbocycles. The number of likely N-dealkylation sites (N-methyl/N-ethyl adjacent to an activating group) is 1. The number of nitrogens with two attached hydrogens (primary N) is 1. The number of rotatable bonds is 6. The van der Waals surface area contributed by atoms with Crippen LogP contribution in [0.15, 0.2) is 0 Å². The van der Waals surface area contributed by atoms with Crippen molar-refractivity contribution in [1.29, 1.82) is 0 Å². The quantitative estimate of drug-likeness (QED) is 0.733. The molecule has 2 heterocycles. The van der Waals surface area contributed by atoms with Crippen molar-refractivity contribution in [3.8, 4) is 0 Å². The van der Waals surface area contributed by atoms with Crippen molar-refractivity contribution in [1.82, 2.24) is 15.1 Å². The van der Waals surface area contributed by atoms with E-state index in [4.69, 9.17) is 5.73 Å². The van der Waals surface area contributed by atoms with Gasteiger partial charge in [0.15, 0.2) is 0 Å². The molecular formula is C16H30N4O2. The van der Waals surface area contributed by atoms with Crippen LogP contribution in [0.1, 0.15) is 40.0 Å². The highest BCUT2D eigenvalue weighted by Gasteiger charge is 2.37. The molecule has 0 radical (unpaired) electrons. The van der Waals surface area contributed by atoms with E-state index in [9.17, 15) is 9.59 Å². The SMILES string of the molecule is CCN1CCCC1CN1CC(C(=O)NCC(C)(C)N)CC1=O. The number of carbonyl (C=O) groups is 2. The van der Waals surface area contributed by atoms with Gasteiger partial charge in [0.05, 0.1) is 5.92 Å². The van der Waals surface area contributed by atoms with E-state index in [0.29, 0.717) is 25.6 Å². The number of likely N-dealkylation sites (tertiary alicyclic amines) is 2. The smallest absolute Gasteiger partial charge is 0.225 e. The van der Waals surface area contributed by atoms with E-state index in [0.717, 1.165) is 26.1 Å². The van der Waals surface area contributed by atoms with E-state index in [1.807, 2.05) is 18.7 Å². The van der Waals surface area contributed by atoms with Crippen molar-refractivity contribution >= 4 is 11.8 Å². The normalized spacial score (nSPS) is 26.7. The monoisotopic (exact) mass is 310 g/mol. The molecule has 3 N–H and O–H groups in total. The van der Waals surface area contributed by atoms with Crippen LogP contribution in [0, 0.1) is 5.92 Å². The summed E-state index contributed by atoms with van der Waals surface area (Å²) in [6.07, 6.45) is 2.68. The van der Waals surface area contributed by atoms with Gasteiger partial charge < -0.3 is 16.0 Å². The van der Waals surface area contributed by atoms with Crippen molar-refractivity contribution < 1.29 is 9.59 Å². The van der Waals surface area contributed by atoms with Crippen LogP contribution >= 0.6 is 0 Å². The van der Waals surface area contributed by atoms with E-state index in [1.54, 1.807) is 0 Å². The first kappa shape index (κ1) is 17.2. The maximum atomic E-state index is 12.2. The maximum Gasteiger partial charge on any atom is 0.225 e. The van der Waals surface area contributed by atoms with Crippen molar-refractivity contribution in [2.75, 3.05) is 32.7 Å². The van der Waals surface area contributed by atoms with E-state index in [2.05, 4.69) is 17.1 Å². The minimum absolute atomic E-state index is 0.0480. The number of amides is 2. The number of nitrogens with zero attached hydrogens (tertiary/aromatic N) is 2. The minimum Gasteiger partial charge on any atom is -0.354 e. The molecule has 0 aromatic rings. The van der Waals surface area contributed by atoms with E-state index in [-0.39, 0.29) is 17.7 Å². The summed E-state index contributed by atoms with van der Waals surface area (Å²) in [7, 11) is 0. The molecule has 2 fully saturated rings. The van der Waals surface area contributed by atoms with E-state index < -0.39 is 5.54 Å². The maximum absolute atomic E-state index is 12.2. The molecule has 0 aromatic carbocycles. The average molecular weight is 310 g/mol. The topological polar surface area (TPSA) is 78.7 Å². The average Bonchev–Trinajstić information content (AvgIpc) is 3.03. The van der Waals surface area contributed by atoms with Crippen LogP contribution in [0.5, 0.6) is 0 Å². The highest BCUT2D eigenvalue weighted by Crippen LogP contribution is 2.23. The Bertz CT molecular complexity index is 419. The second kappa shape index (κ2) is 6.96. The highest BCUT2D eigenvalue weighted by atomic mass is 16.2. The third-order valence-corrected chi connectivity index (χ3v) is 4.64. The molecule has 6 heteroatoms. The van der Waals surface area contributed by atoms with Gasteiger partial charge >= 0.3 is 0 Å². The molecule has 0 bridgehead atoms. The molecule has 2 saturated heterocycles. The molecule has 2 aliphatic rings. The van der Waals surface area contributed by atoms with Crippen LogP contribution in [0.4, 0.5) is 0 Å². The van der Waals surface area contributed by atoms with Gasteiger partial charge in [0.2, 0.25) is 11.8 Å². The fourth-order valence-corrected chi connectivity index (χ4v) is 3.36. The van der Waals surface area contributed by atoms with Crippen LogP contribution in [0.2, 0.25) is 0 Å². The highest BCUT2D eigenvalue weighted by molar-refractivity contribution is 5.89. The van der Waals surface area contributed by atoms with Gasteiger partial charge in [0, 0.05) is 37.6 Å². The van der Waals surface area contributed by atoms with Gasteiger partial charge in [0.1, 0.15) is 0 Å². The zero-order valence-corrected chi connectivity index (χ0v) is 14.1. The van der Waals surface area contributed by atoms with Crippen LogP contribution < -0.4 is 11.1 Å². The lowest BCUT2D eigenvalue weighted by atomic mass is 10.1. The predicted octanol–water partition coefficient (Wildman–Crippen LogP) is 0.173. The number of hydrogen-bond donors (Lipinski definition) is 2. The molecule has 126 valence electrons. The number of carbonyl (C=O) groups excluding carboxylic acids is 2. The number of hydrogen-bond acceptors (Lipinski definition) is 4. The van der Waals surface area contributed by atoms with Gasteiger partial charge in [-0.05, 0) is 39.8 Å². The van der Waals surface area contributed by atoms with Crippen LogP contribution in [-0.4, -0.2) is 65.9 Å². The summed E-state index contributed by atoms with van der Waals surface area (Å²) in [5, 5.41) is 2.87. The molecule has 2 amide bonds. The van der Waals surface area contributed by atoms with Gasteiger partial charge in [-0.2, -0.15) is 0 Å². The Morgan fingerprint density at radius 1 is 1.45 bits per heavy atom. The second-order valence-corrected chi connectivity index (χ2v) is 7.33. The third kappa shape index (κ3) is 4.43. The lowest BCUT2D eigenvalue weighted by Gasteiger charge is -2.27. The van der Waals surface area contributed by atoms with E-state index in [1.165, 1.54) is 6.42 Å². The zero-order valence-electron chi connectivity index (χ0n) is 14.1. The summed E-state index contributed by atoms with van der Waals surface area (Å²) in [5.74, 6) is -0.172. The van der Waals surface area contributed by atoms with Crippen molar-refractivity contribution in [3.05, 3.63) is 0 Å². The van der Waals surface area contributed by atoms with Gasteiger partial charge in [0.25, 0.3) is 0 Å². The van der Waals surface area contributed by atoms with E-state index >= 15 is 0 Å². The van der Waals surface area contributed by atoms with Crippen LogP contribution in [0.25, 0.3) is 0 Å². The first-order valence-corrected chi connectivity index (χ1v) is 8.38. The molecule has 2 atom stereocenters. The van der Waals surface area contributed by atoms with Crippen LogP contribution in [0.3, 0.4) is 0 Å². The fraction of sp³-hybridized carbons (Fsp3) is 0.875. The van der Waals surface area contributed by atoms with Crippen molar-refractivity contribution in [2.45, 2.75) is 51.6 Å². The molecule has 22 heavy (non-hydrogen) atoms. The molecule has 2 aliphatic heterocycles. The Hall–Kier alpha value is -1.14. The summed E-state index contributed by atoms with van der Waals surface area (Å²) in [6.45, 7) is 9.80. The van der Waals surface area contributed by atoms with Crippen molar-refractivity contribution in [3.63, 3.8) is 0 Å². The summed E-state index contributed by atoms with van der Waals surface area (Å²) >= 11 is 0. The fourth-order valence-electron chi connectivity index (χ4n) is 3.36. The van der Waals surface area contributed by atoms with Crippen molar-refractivity contribution in [2.24, 2.45) is 11.7 Å². The van der Waals surface area contributed by atoms with Gasteiger partial charge in [-0.3, -0.25) is 14.5 Å². The zero-order chi connectivity index (χ0) is 16.3. The summed E-state index contributed by atoms with van der Waals surface area (Å²) < 4.78 is 0. The Kier molecular flexibility index (Phi) is 5.45. The standard InChI is InChI=1S/C16H30N4O2/c1-4-19-7-5-6-13(19)10-20-9-12(8-14(20)21)15(22)18-11-16(2,3)17/h12-13H,4-11,17H2,1-3H3,(H,18,22).